The molecule has 0 aromatic heterocycles. The molecule has 5 nitrogen and oxygen atoms in total. The zero-order chi connectivity index (χ0) is 21.1. The minimum absolute atomic E-state index is 0.000604. The Morgan fingerprint density at radius 2 is 1.67 bits per heavy atom. The first kappa shape index (κ1) is 19.8. The van der Waals surface area contributed by atoms with Gasteiger partial charge in [0.25, 0.3) is 5.91 Å². The van der Waals surface area contributed by atoms with E-state index in [-0.39, 0.29) is 5.91 Å². The Hall–Kier alpha value is -3.47. The molecule has 3 aromatic rings. The summed E-state index contributed by atoms with van der Waals surface area (Å²) in [5.74, 6) is 1.37. The minimum atomic E-state index is -0.780. The maximum absolute atomic E-state index is 13.6. The number of nitrogens with zero attached hydrogens (tertiary/aromatic N) is 1. The van der Waals surface area contributed by atoms with Crippen LogP contribution in [0.5, 0.6) is 11.5 Å². The highest BCUT2D eigenvalue weighted by Crippen LogP contribution is 2.42. The smallest absolute Gasteiger partial charge is 0.258 e. The predicted octanol–water partition coefficient (Wildman–Crippen LogP) is 4.69. The summed E-state index contributed by atoms with van der Waals surface area (Å²) < 4.78 is 11.0. The van der Waals surface area contributed by atoms with Gasteiger partial charge in [0.2, 0.25) is 0 Å². The highest BCUT2D eigenvalue weighted by atomic mass is 16.5. The second-order valence-electron chi connectivity index (χ2n) is 7.50. The third-order valence-electron chi connectivity index (χ3n) is 5.72. The van der Waals surface area contributed by atoms with Crippen LogP contribution in [0, 0.1) is 0 Å². The van der Waals surface area contributed by atoms with Gasteiger partial charge < -0.3 is 19.7 Å². The second-order valence-corrected chi connectivity index (χ2v) is 7.50. The number of hydrogen-bond donors (Lipinski definition) is 1. The summed E-state index contributed by atoms with van der Waals surface area (Å²) in [4.78, 5) is 15.5. The van der Waals surface area contributed by atoms with E-state index in [2.05, 4.69) is 17.4 Å². The molecule has 0 radical (unpaired) electrons. The number of carbonyl (C=O) groups is 1. The van der Waals surface area contributed by atoms with Crippen LogP contribution in [0.15, 0.2) is 72.8 Å². The summed E-state index contributed by atoms with van der Waals surface area (Å²) in [7, 11) is 3.26. The van der Waals surface area contributed by atoms with E-state index < -0.39 is 5.66 Å². The van der Waals surface area contributed by atoms with Crippen molar-refractivity contribution in [1.29, 1.82) is 0 Å². The Kier molecular flexibility index (Phi) is 5.36. The SMILES string of the molecule is COc1ccc(C2(C)Nc3ccccc3C(=O)N2CCc2ccccc2)c(OC)c1. The Labute approximate surface area is 177 Å². The van der Waals surface area contributed by atoms with Crippen LogP contribution in [0.25, 0.3) is 0 Å². The second kappa shape index (κ2) is 8.11. The molecule has 1 aliphatic rings. The lowest BCUT2D eigenvalue weighted by Gasteiger charge is -2.47. The van der Waals surface area contributed by atoms with Gasteiger partial charge in [0.05, 0.1) is 19.8 Å². The van der Waals surface area contributed by atoms with Crippen LogP contribution in [0.3, 0.4) is 0 Å². The Bertz CT molecular complexity index is 1050. The lowest BCUT2D eigenvalue weighted by atomic mass is 9.92. The summed E-state index contributed by atoms with van der Waals surface area (Å²) in [6.07, 6.45) is 0.754. The molecule has 0 bridgehead atoms. The Balaban J connectivity index is 1.79. The molecule has 5 heteroatoms. The van der Waals surface area contributed by atoms with Crippen molar-refractivity contribution in [2.75, 3.05) is 26.1 Å². The molecular formula is C25H26N2O3. The summed E-state index contributed by atoms with van der Waals surface area (Å²) in [5.41, 5.74) is 2.78. The lowest BCUT2D eigenvalue weighted by Crippen LogP contribution is -2.56. The molecule has 1 aliphatic heterocycles. The Morgan fingerprint density at radius 1 is 0.933 bits per heavy atom. The van der Waals surface area contributed by atoms with E-state index in [0.717, 1.165) is 17.7 Å². The van der Waals surface area contributed by atoms with Crippen LogP contribution in [0.2, 0.25) is 0 Å². The molecule has 1 atom stereocenters. The molecule has 0 fully saturated rings. The Morgan fingerprint density at radius 3 is 2.40 bits per heavy atom. The van der Waals surface area contributed by atoms with Gasteiger partial charge >= 0.3 is 0 Å². The zero-order valence-electron chi connectivity index (χ0n) is 17.5. The van der Waals surface area contributed by atoms with E-state index >= 15 is 0 Å². The molecule has 0 aliphatic carbocycles. The monoisotopic (exact) mass is 402 g/mol. The summed E-state index contributed by atoms with van der Waals surface area (Å²) in [5, 5.41) is 3.60. The average Bonchev–Trinajstić information content (AvgIpc) is 2.79. The number of carbonyl (C=O) groups excluding carboxylic acids is 1. The van der Waals surface area contributed by atoms with Crippen molar-refractivity contribution < 1.29 is 14.3 Å². The van der Waals surface area contributed by atoms with Crippen LogP contribution in [0.4, 0.5) is 5.69 Å². The first-order valence-electron chi connectivity index (χ1n) is 10.0. The third-order valence-corrected chi connectivity index (χ3v) is 5.72. The first-order valence-corrected chi connectivity index (χ1v) is 10.0. The molecule has 0 saturated heterocycles. The van der Waals surface area contributed by atoms with Gasteiger partial charge in [0, 0.05) is 23.9 Å². The molecule has 30 heavy (non-hydrogen) atoms. The van der Waals surface area contributed by atoms with Gasteiger partial charge in [-0.2, -0.15) is 0 Å². The quantitative estimate of drug-likeness (QED) is 0.650. The lowest BCUT2D eigenvalue weighted by molar-refractivity contribution is 0.0534. The van der Waals surface area contributed by atoms with Crippen LogP contribution < -0.4 is 14.8 Å². The minimum Gasteiger partial charge on any atom is -0.497 e. The highest BCUT2D eigenvalue weighted by molar-refractivity contribution is 6.02. The fourth-order valence-corrected chi connectivity index (χ4v) is 4.08. The number of ether oxygens (including phenoxy) is 2. The number of rotatable bonds is 6. The molecule has 0 saturated carbocycles. The number of fused-ring (bicyclic) bond motifs is 1. The number of hydrogen-bond acceptors (Lipinski definition) is 4. The van der Waals surface area contributed by atoms with E-state index in [9.17, 15) is 4.79 Å². The molecule has 0 spiro atoms. The van der Waals surface area contributed by atoms with Crippen LogP contribution in [0.1, 0.15) is 28.4 Å². The van der Waals surface area contributed by atoms with Gasteiger partial charge in [-0.15, -0.1) is 0 Å². The van der Waals surface area contributed by atoms with Crippen molar-refractivity contribution in [3.05, 3.63) is 89.5 Å². The fourth-order valence-electron chi connectivity index (χ4n) is 4.08. The fraction of sp³-hybridized carbons (Fsp3) is 0.240. The van der Waals surface area contributed by atoms with E-state index in [0.29, 0.717) is 23.6 Å². The van der Waals surface area contributed by atoms with E-state index in [1.54, 1.807) is 14.2 Å². The van der Waals surface area contributed by atoms with Gasteiger partial charge in [-0.05, 0) is 43.2 Å². The maximum Gasteiger partial charge on any atom is 0.258 e. The molecule has 1 N–H and O–H groups in total. The summed E-state index contributed by atoms with van der Waals surface area (Å²) in [6, 6.07) is 23.5. The predicted molar refractivity (Wildman–Crippen MR) is 118 cm³/mol. The zero-order valence-corrected chi connectivity index (χ0v) is 17.5. The summed E-state index contributed by atoms with van der Waals surface area (Å²) in [6.45, 7) is 2.59. The molecule has 1 unspecified atom stereocenters. The van der Waals surface area contributed by atoms with Crippen LogP contribution >= 0.6 is 0 Å². The maximum atomic E-state index is 13.6. The molecule has 1 amide bonds. The topological polar surface area (TPSA) is 50.8 Å². The van der Waals surface area contributed by atoms with Crippen LogP contribution in [-0.4, -0.2) is 31.6 Å². The first-order chi connectivity index (χ1) is 14.6. The average molecular weight is 402 g/mol. The van der Waals surface area contributed by atoms with Crippen molar-refractivity contribution >= 4 is 11.6 Å². The van der Waals surface area contributed by atoms with E-state index in [1.807, 2.05) is 72.5 Å². The summed E-state index contributed by atoms with van der Waals surface area (Å²) >= 11 is 0. The molecular weight excluding hydrogens is 376 g/mol. The molecule has 154 valence electrons. The van der Waals surface area contributed by atoms with Gasteiger partial charge in [-0.3, -0.25) is 4.79 Å². The van der Waals surface area contributed by atoms with Crippen molar-refractivity contribution in [2.45, 2.75) is 19.0 Å². The standard InChI is InChI=1S/C25H26N2O3/c1-25(21-14-13-19(29-2)17-23(21)30-3)26-22-12-8-7-11-20(22)24(28)27(25)16-15-18-9-5-4-6-10-18/h4-14,17,26H,15-16H2,1-3H3. The van der Waals surface area contributed by atoms with E-state index in [4.69, 9.17) is 9.47 Å². The third kappa shape index (κ3) is 3.47. The number of para-hydroxylation sites is 1. The molecule has 4 rings (SSSR count). The normalized spacial score (nSPS) is 17.8. The van der Waals surface area contributed by atoms with Crippen LogP contribution in [-0.2, 0) is 12.1 Å². The van der Waals surface area contributed by atoms with Crippen molar-refractivity contribution in [3.63, 3.8) is 0 Å². The highest BCUT2D eigenvalue weighted by Gasteiger charge is 2.43. The van der Waals surface area contributed by atoms with E-state index in [1.165, 1.54) is 5.56 Å². The van der Waals surface area contributed by atoms with Gasteiger partial charge in [0.15, 0.2) is 0 Å². The number of benzene rings is 3. The number of nitrogens with one attached hydrogen (secondary N) is 1. The molecule has 3 aromatic carbocycles. The number of anilines is 1. The van der Waals surface area contributed by atoms with Crippen molar-refractivity contribution in [1.82, 2.24) is 4.90 Å². The van der Waals surface area contributed by atoms with Crippen molar-refractivity contribution in [3.8, 4) is 11.5 Å². The number of amides is 1. The van der Waals surface area contributed by atoms with Gasteiger partial charge in [-0.1, -0.05) is 42.5 Å². The van der Waals surface area contributed by atoms with Gasteiger partial charge in [0.1, 0.15) is 17.2 Å². The van der Waals surface area contributed by atoms with Gasteiger partial charge in [-0.25, -0.2) is 0 Å². The largest absolute Gasteiger partial charge is 0.497 e. The van der Waals surface area contributed by atoms with Crippen molar-refractivity contribution in [2.24, 2.45) is 0 Å². The molecule has 1 heterocycles. The number of methoxy groups -OCH3 is 2.